The molecule has 0 aliphatic carbocycles. The molecule has 0 unspecified atom stereocenters. The third-order valence-electron chi connectivity index (χ3n) is 2.40. The van der Waals surface area contributed by atoms with E-state index in [-0.39, 0.29) is 6.54 Å². The minimum atomic E-state index is -0.967. The van der Waals surface area contributed by atoms with Gasteiger partial charge in [-0.25, -0.2) is 9.67 Å². The van der Waals surface area contributed by atoms with Gasteiger partial charge >= 0.3 is 5.97 Å². The molecule has 0 saturated heterocycles. The lowest BCUT2D eigenvalue weighted by molar-refractivity contribution is -0.137. The van der Waals surface area contributed by atoms with Gasteiger partial charge in [0, 0.05) is 0 Å². The molecule has 0 aromatic carbocycles. The molecule has 2 aromatic rings. The van der Waals surface area contributed by atoms with Crippen LogP contribution in [0.15, 0.2) is 6.20 Å². The Labute approximate surface area is 108 Å². The molecule has 0 saturated carbocycles. The Morgan fingerprint density at radius 1 is 1.32 bits per heavy atom. The van der Waals surface area contributed by atoms with Crippen LogP contribution in [0.3, 0.4) is 0 Å². The lowest BCUT2D eigenvalue weighted by Gasteiger charge is -2.03. The number of rotatable bonds is 5. The van der Waals surface area contributed by atoms with E-state index < -0.39 is 5.97 Å². The number of aryl methyl sites for hydroxylation is 2. The average molecular weight is 263 g/mol. The topological polar surface area (TPSA) is 119 Å². The molecule has 2 rings (SSSR count). The molecule has 2 heterocycles. The first-order valence-electron chi connectivity index (χ1n) is 5.57. The van der Waals surface area contributed by atoms with Gasteiger partial charge in [-0.05, 0) is 13.8 Å². The highest BCUT2D eigenvalue weighted by molar-refractivity contribution is 5.66. The molecule has 2 aromatic heterocycles. The van der Waals surface area contributed by atoms with E-state index in [9.17, 15) is 4.79 Å². The number of carboxylic acids is 1. The van der Waals surface area contributed by atoms with Crippen molar-refractivity contribution in [2.75, 3.05) is 5.32 Å². The molecule has 0 radical (unpaired) electrons. The largest absolute Gasteiger partial charge is 0.480 e. The lowest BCUT2D eigenvalue weighted by atomic mass is 10.4. The van der Waals surface area contributed by atoms with Crippen molar-refractivity contribution in [1.29, 1.82) is 0 Å². The second-order valence-corrected chi connectivity index (χ2v) is 3.96. The van der Waals surface area contributed by atoms with Crippen LogP contribution in [0.5, 0.6) is 0 Å². The van der Waals surface area contributed by atoms with Gasteiger partial charge < -0.3 is 10.4 Å². The van der Waals surface area contributed by atoms with Crippen LogP contribution in [-0.4, -0.2) is 41.3 Å². The monoisotopic (exact) mass is 263 g/mol. The van der Waals surface area contributed by atoms with Crippen molar-refractivity contribution in [3.8, 4) is 0 Å². The van der Waals surface area contributed by atoms with E-state index in [1.807, 2.05) is 13.8 Å². The maximum atomic E-state index is 10.5. The van der Waals surface area contributed by atoms with Crippen molar-refractivity contribution in [3.05, 3.63) is 23.3 Å². The van der Waals surface area contributed by atoms with Crippen molar-refractivity contribution >= 4 is 11.9 Å². The first-order valence-corrected chi connectivity index (χ1v) is 5.57. The molecule has 0 aliphatic heterocycles. The number of nitrogens with one attached hydrogen (secondary N) is 1. The van der Waals surface area contributed by atoms with E-state index in [0.717, 1.165) is 11.4 Å². The number of anilines is 1. The van der Waals surface area contributed by atoms with E-state index >= 15 is 0 Å². The summed E-state index contributed by atoms with van der Waals surface area (Å²) in [4.78, 5) is 14.7. The summed E-state index contributed by atoms with van der Waals surface area (Å²) < 4.78 is 1.25. The smallest absolute Gasteiger partial charge is 0.325 e. The number of carboxylic acid groups (broad SMARTS) is 1. The average Bonchev–Trinajstić information content (AvgIpc) is 2.77. The predicted molar refractivity (Wildman–Crippen MR) is 64.3 cm³/mol. The summed E-state index contributed by atoms with van der Waals surface area (Å²) in [6.07, 6.45) is 1.55. The summed E-state index contributed by atoms with van der Waals surface area (Å²) in [5.41, 5.74) is 2.17. The first-order chi connectivity index (χ1) is 9.04. The van der Waals surface area contributed by atoms with E-state index in [4.69, 9.17) is 5.11 Å². The molecule has 19 heavy (non-hydrogen) atoms. The van der Waals surface area contributed by atoms with Crippen molar-refractivity contribution in [2.24, 2.45) is 0 Å². The maximum absolute atomic E-state index is 10.5. The quantitative estimate of drug-likeness (QED) is 0.759. The van der Waals surface area contributed by atoms with Crippen LogP contribution >= 0.6 is 0 Å². The Balaban J connectivity index is 1.96. The Morgan fingerprint density at radius 2 is 2.11 bits per heavy atom. The minimum Gasteiger partial charge on any atom is -0.480 e. The minimum absolute atomic E-state index is 0.214. The van der Waals surface area contributed by atoms with Crippen molar-refractivity contribution in [3.63, 3.8) is 0 Å². The standard InChI is InChI=1S/C10H13N7O2/c1-6-7(2)13-15-10(12-6)11-3-8-4-17(16-14-8)5-9(18)19/h4H,3,5H2,1-2H3,(H,18,19)(H,11,12,15). The predicted octanol–water partition coefficient (Wildman–Crippen LogP) is -0.223. The van der Waals surface area contributed by atoms with Gasteiger partial charge in [0.15, 0.2) is 0 Å². The van der Waals surface area contributed by atoms with Crippen LogP contribution < -0.4 is 5.32 Å². The van der Waals surface area contributed by atoms with Crippen LogP contribution in [0.1, 0.15) is 17.1 Å². The van der Waals surface area contributed by atoms with Crippen LogP contribution in [-0.2, 0) is 17.9 Å². The van der Waals surface area contributed by atoms with Gasteiger partial charge in [-0.1, -0.05) is 5.21 Å². The zero-order chi connectivity index (χ0) is 13.8. The van der Waals surface area contributed by atoms with Gasteiger partial charge in [-0.2, -0.15) is 5.10 Å². The summed E-state index contributed by atoms with van der Waals surface area (Å²) in [5.74, 6) is -0.568. The second kappa shape index (κ2) is 5.38. The number of aliphatic carboxylic acids is 1. The Morgan fingerprint density at radius 3 is 2.79 bits per heavy atom. The Kier molecular flexibility index (Phi) is 3.64. The molecular weight excluding hydrogens is 250 g/mol. The molecular formula is C10H13N7O2. The number of hydrogen-bond donors (Lipinski definition) is 2. The summed E-state index contributed by atoms with van der Waals surface area (Å²) in [5, 5.41) is 26.9. The highest BCUT2D eigenvalue weighted by Gasteiger charge is 2.05. The van der Waals surface area contributed by atoms with Gasteiger partial charge in [-0.3, -0.25) is 4.79 Å². The lowest BCUT2D eigenvalue weighted by Crippen LogP contribution is -2.09. The number of aromatic nitrogens is 6. The molecule has 0 bridgehead atoms. The highest BCUT2D eigenvalue weighted by atomic mass is 16.4. The van der Waals surface area contributed by atoms with Crippen molar-refractivity contribution in [1.82, 2.24) is 30.2 Å². The molecule has 2 N–H and O–H groups in total. The fourth-order valence-electron chi connectivity index (χ4n) is 1.34. The molecule has 0 aliphatic rings. The van der Waals surface area contributed by atoms with E-state index in [1.54, 1.807) is 6.20 Å². The van der Waals surface area contributed by atoms with Gasteiger partial charge in [-0.15, -0.1) is 10.2 Å². The Bertz CT molecular complexity index is 595. The summed E-state index contributed by atoms with van der Waals surface area (Å²) in [6.45, 7) is 3.81. The van der Waals surface area contributed by atoms with E-state index in [1.165, 1.54) is 4.68 Å². The zero-order valence-corrected chi connectivity index (χ0v) is 10.5. The highest BCUT2D eigenvalue weighted by Crippen LogP contribution is 2.03. The van der Waals surface area contributed by atoms with Crippen LogP contribution in [0, 0.1) is 13.8 Å². The fraction of sp³-hybridized carbons (Fsp3) is 0.400. The summed E-state index contributed by atoms with van der Waals surface area (Å²) >= 11 is 0. The third kappa shape index (κ3) is 3.44. The zero-order valence-electron chi connectivity index (χ0n) is 10.5. The van der Waals surface area contributed by atoms with E-state index in [2.05, 4.69) is 30.8 Å². The number of nitrogens with zero attached hydrogens (tertiary/aromatic N) is 6. The van der Waals surface area contributed by atoms with Gasteiger partial charge in [0.1, 0.15) is 12.2 Å². The number of carbonyl (C=O) groups is 1. The molecule has 0 fully saturated rings. The van der Waals surface area contributed by atoms with Crippen molar-refractivity contribution < 1.29 is 9.90 Å². The van der Waals surface area contributed by atoms with E-state index in [0.29, 0.717) is 18.2 Å². The second-order valence-electron chi connectivity index (χ2n) is 3.96. The SMILES string of the molecule is Cc1nnc(NCc2cn(CC(=O)O)nn2)nc1C. The third-order valence-corrected chi connectivity index (χ3v) is 2.40. The summed E-state index contributed by atoms with van der Waals surface area (Å²) in [6, 6.07) is 0. The molecule has 0 spiro atoms. The Hall–Kier alpha value is -2.58. The van der Waals surface area contributed by atoms with Crippen LogP contribution in [0.25, 0.3) is 0 Å². The van der Waals surface area contributed by atoms with Gasteiger partial charge in [0.2, 0.25) is 5.95 Å². The van der Waals surface area contributed by atoms with Gasteiger partial charge in [0.05, 0.1) is 24.1 Å². The molecule has 0 atom stereocenters. The fourth-order valence-corrected chi connectivity index (χ4v) is 1.34. The molecule has 0 amide bonds. The normalized spacial score (nSPS) is 10.4. The van der Waals surface area contributed by atoms with Gasteiger partial charge in [0.25, 0.3) is 0 Å². The molecule has 100 valence electrons. The first kappa shape index (κ1) is 12.9. The number of hydrogen-bond acceptors (Lipinski definition) is 7. The molecule has 9 heteroatoms. The maximum Gasteiger partial charge on any atom is 0.325 e. The van der Waals surface area contributed by atoms with Crippen molar-refractivity contribution in [2.45, 2.75) is 26.9 Å². The summed E-state index contributed by atoms with van der Waals surface area (Å²) in [7, 11) is 0. The van der Waals surface area contributed by atoms with Crippen LogP contribution in [0.4, 0.5) is 5.95 Å². The molecule has 9 nitrogen and oxygen atoms in total. The van der Waals surface area contributed by atoms with Crippen LogP contribution in [0.2, 0.25) is 0 Å².